The van der Waals surface area contributed by atoms with Gasteiger partial charge in [0.25, 0.3) is 12.3 Å². The van der Waals surface area contributed by atoms with E-state index < -0.39 is 24.5 Å². The number of nitrogens with zero attached hydrogens (tertiary/aromatic N) is 2. The first-order chi connectivity index (χ1) is 14.3. The van der Waals surface area contributed by atoms with Crippen molar-refractivity contribution in [1.82, 2.24) is 15.1 Å². The molecule has 9 heteroatoms. The number of hydrogen-bond acceptors (Lipinski definition) is 4. The van der Waals surface area contributed by atoms with Gasteiger partial charge in [-0.05, 0) is 55.5 Å². The van der Waals surface area contributed by atoms with Crippen molar-refractivity contribution >= 4 is 17.7 Å². The van der Waals surface area contributed by atoms with E-state index in [1.54, 1.807) is 11.0 Å². The van der Waals surface area contributed by atoms with Crippen LogP contribution in [0.3, 0.4) is 0 Å². The number of benzene rings is 1. The first kappa shape index (κ1) is 20.8. The standard InChI is InChI=1S/C21H24F3N3O3/c22-16(19(23)24)11-26-7-5-12(6-8-26)13-1-2-15-14(9-13)10-27(21(15)30)17-3-4-18(28)25-20(17)29/h1-2,9,12,16-17,19H,3-8,10-11H2,(H,25,28,29). The van der Waals surface area contributed by atoms with Crippen LogP contribution in [0.25, 0.3) is 0 Å². The molecule has 0 saturated carbocycles. The van der Waals surface area contributed by atoms with E-state index in [0.29, 0.717) is 31.6 Å². The number of nitrogens with one attached hydrogen (secondary N) is 1. The molecule has 30 heavy (non-hydrogen) atoms. The molecule has 0 aromatic heterocycles. The second kappa shape index (κ2) is 8.37. The number of fused-ring (bicyclic) bond motifs is 1. The van der Waals surface area contributed by atoms with Crippen molar-refractivity contribution in [3.05, 3.63) is 34.9 Å². The first-order valence-corrected chi connectivity index (χ1v) is 10.3. The number of alkyl halides is 3. The van der Waals surface area contributed by atoms with E-state index in [0.717, 1.165) is 24.0 Å². The quantitative estimate of drug-likeness (QED) is 0.738. The average molecular weight is 423 g/mol. The summed E-state index contributed by atoms with van der Waals surface area (Å²) in [6.07, 6.45) is -3.07. The zero-order chi connectivity index (χ0) is 21.4. The Labute approximate surface area is 172 Å². The lowest BCUT2D eigenvalue weighted by Gasteiger charge is -2.33. The fraction of sp³-hybridized carbons (Fsp3) is 0.571. The van der Waals surface area contributed by atoms with Crippen molar-refractivity contribution < 1.29 is 27.6 Å². The molecule has 0 radical (unpaired) electrons. The van der Waals surface area contributed by atoms with Gasteiger partial charge in [-0.3, -0.25) is 19.7 Å². The fourth-order valence-electron chi connectivity index (χ4n) is 4.62. The average Bonchev–Trinajstić information content (AvgIpc) is 3.04. The highest BCUT2D eigenvalue weighted by atomic mass is 19.3. The van der Waals surface area contributed by atoms with Crippen LogP contribution >= 0.6 is 0 Å². The number of likely N-dealkylation sites (tertiary alicyclic amines) is 1. The van der Waals surface area contributed by atoms with Crippen LogP contribution in [-0.4, -0.2) is 65.8 Å². The highest BCUT2D eigenvalue weighted by Gasteiger charge is 2.39. The van der Waals surface area contributed by atoms with Crippen LogP contribution < -0.4 is 5.32 Å². The van der Waals surface area contributed by atoms with Gasteiger partial charge in [-0.2, -0.15) is 0 Å². The summed E-state index contributed by atoms with van der Waals surface area (Å²) < 4.78 is 38.1. The van der Waals surface area contributed by atoms with Crippen molar-refractivity contribution in [2.45, 2.75) is 56.8 Å². The predicted molar refractivity (Wildman–Crippen MR) is 102 cm³/mol. The highest BCUT2D eigenvalue weighted by molar-refractivity contribution is 6.05. The van der Waals surface area contributed by atoms with Gasteiger partial charge in [0.15, 0.2) is 6.17 Å². The van der Waals surface area contributed by atoms with E-state index in [1.165, 1.54) is 4.90 Å². The van der Waals surface area contributed by atoms with Gasteiger partial charge in [0.05, 0.1) is 0 Å². The Bertz CT molecular complexity index is 855. The molecule has 0 aliphatic carbocycles. The number of piperidine rings is 2. The SMILES string of the molecule is O=C1CCC(N2Cc3cc(C4CCN(CC(F)C(F)F)CC4)ccc3C2=O)C(=O)N1. The van der Waals surface area contributed by atoms with Gasteiger partial charge < -0.3 is 9.80 Å². The summed E-state index contributed by atoms with van der Waals surface area (Å²) in [4.78, 5) is 39.5. The van der Waals surface area contributed by atoms with Gasteiger partial charge in [-0.15, -0.1) is 0 Å². The van der Waals surface area contributed by atoms with Crippen molar-refractivity contribution in [1.29, 1.82) is 0 Å². The molecule has 2 fully saturated rings. The summed E-state index contributed by atoms with van der Waals surface area (Å²) in [5, 5.41) is 2.29. The number of hydrogen-bond donors (Lipinski definition) is 1. The maximum absolute atomic E-state index is 13.3. The van der Waals surface area contributed by atoms with Crippen LogP contribution in [0.15, 0.2) is 18.2 Å². The third-order valence-corrected chi connectivity index (χ3v) is 6.31. The molecule has 6 nitrogen and oxygen atoms in total. The lowest BCUT2D eigenvalue weighted by Crippen LogP contribution is -2.52. The van der Waals surface area contributed by atoms with Crippen molar-refractivity contribution in [2.24, 2.45) is 0 Å². The number of rotatable bonds is 5. The van der Waals surface area contributed by atoms with Crippen LogP contribution in [0.4, 0.5) is 13.2 Å². The van der Waals surface area contributed by atoms with E-state index in [4.69, 9.17) is 0 Å². The summed E-state index contributed by atoms with van der Waals surface area (Å²) in [7, 11) is 0. The minimum atomic E-state index is -2.95. The molecule has 0 spiro atoms. The van der Waals surface area contributed by atoms with Gasteiger partial charge in [0.1, 0.15) is 6.04 Å². The number of carbonyl (C=O) groups is 3. The van der Waals surface area contributed by atoms with Gasteiger partial charge >= 0.3 is 0 Å². The molecule has 2 unspecified atom stereocenters. The third-order valence-electron chi connectivity index (χ3n) is 6.31. The Hall–Kier alpha value is -2.42. The van der Waals surface area contributed by atoms with Crippen molar-refractivity contribution in [3.63, 3.8) is 0 Å². The molecule has 4 rings (SSSR count). The third kappa shape index (κ3) is 4.08. The summed E-state index contributed by atoms with van der Waals surface area (Å²) in [5.74, 6) is -0.741. The second-order valence-corrected chi connectivity index (χ2v) is 8.24. The van der Waals surface area contributed by atoms with Gasteiger partial charge in [-0.1, -0.05) is 12.1 Å². The molecule has 2 saturated heterocycles. The molecule has 1 aromatic rings. The van der Waals surface area contributed by atoms with E-state index in [9.17, 15) is 27.6 Å². The topological polar surface area (TPSA) is 69.7 Å². The van der Waals surface area contributed by atoms with Crippen molar-refractivity contribution in [3.8, 4) is 0 Å². The van der Waals surface area contributed by atoms with E-state index >= 15 is 0 Å². The number of amides is 3. The molecule has 2 atom stereocenters. The summed E-state index contributed by atoms with van der Waals surface area (Å²) in [6.45, 7) is 1.18. The smallest absolute Gasteiger partial charge is 0.270 e. The molecule has 162 valence electrons. The summed E-state index contributed by atoms with van der Waals surface area (Å²) in [5.41, 5.74) is 2.49. The second-order valence-electron chi connectivity index (χ2n) is 8.24. The van der Waals surface area contributed by atoms with Gasteiger partial charge in [0, 0.05) is 25.1 Å². The normalized spacial score (nSPS) is 24.3. The molecule has 3 aliphatic heterocycles. The maximum atomic E-state index is 13.3. The minimum absolute atomic E-state index is 0.207. The monoisotopic (exact) mass is 423 g/mol. The van der Waals surface area contributed by atoms with Crippen LogP contribution in [0.5, 0.6) is 0 Å². The first-order valence-electron chi connectivity index (χ1n) is 10.3. The Kier molecular flexibility index (Phi) is 5.81. The molecule has 0 bridgehead atoms. The Morgan fingerprint density at radius 1 is 1.07 bits per heavy atom. The molecule has 1 N–H and O–H groups in total. The Balaban J connectivity index is 1.40. The number of carbonyl (C=O) groups excluding carboxylic acids is 3. The van der Waals surface area contributed by atoms with E-state index in [1.807, 2.05) is 12.1 Å². The Morgan fingerprint density at radius 3 is 2.47 bits per heavy atom. The van der Waals surface area contributed by atoms with Crippen LogP contribution in [0.1, 0.15) is 53.1 Å². The van der Waals surface area contributed by atoms with E-state index in [2.05, 4.69) is 5.32 Å². The predicted octanol–water partition coefficient (Wildman–Crippen LogP) is 2.23. The highest BCUT2D eigenvalue weighted by Crippen LogP contribution is 2.33. The van der Waals surface area contributed by atoms with Gasteiger partial charge in [-0.25, -0.2) is 13.2 Å². The van der Waals surface area contributed by atoms with Crippen LogP contribution in [0, 0.1) is 0 Å². The molecule has 3 heterocycles. The maximum Gasteiger partial charge on any atom is 0.270 e. The molecule has 1 aromatic carbocycles. The largest absolute Gasteiger partial charge is 0.322 e. The van der Waals surface area contributed by atoms with Crippen LogP contribution in [-0.2, 0) is 16.1 Å². The van der Waals surface area contributed by atoms with Gasteiger partial charge in [0.2, 0.25) is 11.8 Å². The molecular formula is C21H24F3N3O3. The lowest BCUT2D eigenvalue weighted by atomic mass is 9.88. The van der Waals surface area contributed by atoms with Crippen LogP contribution in [0.2, 0.25) is 0 Å². The fourth-order valence-corrected chi connectivity index (χ4v) is 4.62. The Morgan fingerprint density at radius 2 is 1.80 bits per heavy atom. The zero-order valence-electron chi connectivity index (χ0n) is 16.5. The molecular weight excluding hydrogens is 399 g/mol. The van der Waals surface area contributed by atoms with Crippen molar-refractivity contribution in [2.75, 3.05) is 19.6 Å². The number of imide groups is 1. The number of halogens is 3. The summed E-state index contributed by atoms with van der Waals surface area (Å²) >= 11 is 0. The lowest BCUT2D eigenvalue weighted by molar-refractivity contribution is -0.136. The minimum Gasteiger partial charge on any atom is -0.322 e. The molecule has 3 amide bonds. The van der Waals surface area contributed by atoms with E-state index in [-0.39, 0.29) is 30.7 Å². The summed E-state index contributed by atoms with van der Waals surface area (Å²) in [6, 6.07) is 5.02. The zero-order valence-corrected chi connectivity index (χ0v) is 16.5. The molecule has 3 aliphatic rings.